The summed E-state index contributed by atoms with van der Waals surface area (Å²) >= 11 is 4.47. The number of hydrogen-bond acceptors (Lipinski definition) is 4. The van der Waals surface area contributed by atoms with E-state index in [1.807, 2.05) is 33.9 Å². The second-order valence-electron chi connectivity index (χ2n) is 7.86. The lowest BCUT2D eigenvalue weighted by Crippen LogP contribution is -2.39. The molecule has 0 aliphatic carbocycles. The van der Waals surface area contributed by atoms with Gasteiger partial charge in [-0.15, -0.1) is 0 Å². The van der Waals surface area contributed by atoms with Crippen LogP contribution in [-0.4, -0.2) is 51.1 Å². The number of imide groups is 1. The second-order valence-corrected chi connectivity index (χ2v) is 9.77. The Morgan fingerprint density at radius 1 is 1.27 bits per heavy atom. The Morgan fingerprint density at radius 3 is 2.67 bits per heavy atom. The van der Waals surface area contributed by atoms with Crippen molar-refractivity contribution >= 4 is 61.7 Å². The van der Waals surface area contributed by atoms with Gasteiger partial charge in [0.2, 0.25) is 5.91 Å². The van der Waals surface area contributed by atoms with Crippen LogP contribution in [0.3, 0.4) is 0 Å². The third kappa shape index (κ3) is 4.07. The Labute approximate surface area is 188 Å². The maximum Gasteiger partial charge on any atom is 0.293 e. The zero-order chi connectivity index (χ0) is 21.4. The number of carbonyl (C=O) groups excluding carboxylic acids is 3. The van der Waals surface area contributed by atoms with Crippen molar-refractivity contribution in [3.63, 3.8) is 0 Å². The number of rotatable bonds is 4. The van der Waals surface area contributed by atoms with E-state index in [1.165, 1.54) is 4.90 Å². The Bertz CT molecular complexity index is 1050. The van der Waals surface area contributed by atoms with Gasteiger partial charge in [0.25, 0.3) is 11.1 Å². The number of thioether (sulfide) groups is 1. The molecular weight excluding hydrogens is 466 g/mol. The third-order valence-corrected chi connectivity index (χ3v) is 7.19. The minimum atomic E-state index is -0.262. The Balaban J connectivity index is 1.66. The summed E-state index contributed by atoms with van der Waals surface area (Å²) in [5, 5.41) is 0.695. The first-order valence-electron chi connectivity index (χ1n) is 10.2. The van der Waals surface area contributed by atoms with Crippen molar-refractivity contribution in [2.75, 3.05) is 19.6 Å². The van der Waals surface area contributed by atoms with Gasteiger partial charge in [-0.05, 0) is 61.7 Å². The van der Waals surface area contributed by atoms with E-state index in [1.54, 1.807) is 13.0 Å². The molecule has 30 heavy (non-hydrogen) atoms. The number of hydrogen-bond donors (Lipinski definition) is 0. The standard InChI is InChI=1S/C22H24BrN3O3S/c1-3-26-21(28)19(30-22(26)29)10-15-12-25(18-5-4-16(23)11-17(15)18)13-20(27)24-8-6-14(2)7-9-24/h4-5,10-12,14H,3,6-9,13H2,1-2H3/b19-10-. The molecule has 0 radical (unpaired) electrons. The number of likely N-dealkylation sites (N-methyl/N-ethyl adjacent to an activating group) is 1. The van der Waals surface area contributed by atoms with E-state index < -0.39 is 0 Å². The smallest absolute Gasteiger partial charge is 0.293 e. The molecule has 2 aliphatic rings. The normalized spacial score (nSPS) is 19.5. The average Bonchev–Trinajstić information content (AvgIpc) is 3.18. The molecule has 2 aliphatic heterocycles. The van der Waals surface area contributed by atoms with E-state index in [0.717, 1.165) is 58.6 Å². The Morgan fingerprint density at radius 2 is 2.00 bits per heavy atom. The lowest BCUT2D eigenvalue weighted by molar-refractivity contribution is -0.133. The average molecular weight is 490 g/mol. The first kappa shape index (κ1) is 21.2. The molecule has 0 bridgehead atoms. The van der Waals surface area contributed by atoms with Crippen LogP contribution in [0.2, 0.25) is 0 Å². The number of halogens is 1. The number of aromatic nitrogens is 1. The number of carbonyl (C=O) groups is 3. The molecule has 6 nitrogen and oxygen atoms in total. The number of amides is 3. The Kier molecular flexibility index (Phi) is 6.06. The van der Waals surface area contributed by atoms with E-state index in [9.17, 15) is 14.4 Å². The van der Waals surface area contributed by atoms with Crippen molar-refractivity contribution in [3.8, 4) is 0 Å². The molecule has 0 N–H and O–H groups in total. The van der Waals surface area contributed by atoms with Gasteiger partial charge in [0.05, 0.1) is 4.91 Å². The van der Waals surface area contributed by atoms with Gasteiger partial charge in [-0.25, -0.2) is 0 Å². The molecule has 8 heteroatoms. The molecule has 2 fully saturated rings. The van der Waals surface area contributed by atoms with Crippen LogP contribution in [0.4, 0.5) is 4.79 Å². The number of benzene rings is 1. The van der Waals surface area contributed by atoms with Gasteiger partial charge in [-0.2, -0.15) is 0 Å². The van der Waals surface area contributed by atoms with Crippen molar-refractivity contribution in [1.29, 1.82) is 0 Å². The number of likely N-dealkylation sites (tertiary alicyclic amines) is 1. The predicted octanol–water partition coefficient (Wildman–Crippen LogP) is 4.72. The molecular formula is C22H24BrN3O3S. The predicted molar refractivity (Wildman–Crippen MR) is 123 cm³/mol. The quantitative estimate of drug-likeness (QED) is 0.582. The first-order chi connectivity index (χ1) is 14.4. The molecule has 2 saturated heterocycles. The van der Waals surface area contributed by atoms with E-state index in [4.69, 9.17) is 0 Å². The Hall–Kier alpha value is -2.06. The van der Waals surface area contributed by atoms with Gasteiger partial charge < -0.3 is 9.47 Å². The summed E-state index contributed by atoms with van der Waals surface area (Å²) in [6.07, 6.45) is 5.76. The largest absolute Gasteiger partial charge is 0.341 e. The molecule has 3 amide bonds. The maximum atomic E-state index is 12.9. The first-order valence-corrected chi connectivity index (χ1v) is 11.8. The van der Waals surface area contributed by atoms with E-state index in [-0.39, 0.29) is 23.6 Å². The van der Waals surface area contributed by atoms with Crippen LogP contribution in [0.5, 0.6) is 0 Å². The third-order valence-electron chi connectivity index (χ3n) is 5.79. The molecule has 158 valence electrons. The minimum Gasteiger partial charge on any atom is -0.341 e. The highest BCUT2D eigenvalue weighted by molar-refractivity contribution is 9.10. The van der Waals surface area contributed by atoms with Gasteiger partial charge >= 0.3 is 0 Å². The van der Waals surface area contributed by atoms with Crippen molar-refractivity contribution in [3.05, 3.63) is 39.3 Å². The van der Waals surface area contributed by atoms with Crippen molar-refractivity contribution < 1.29 is 14.4 Å². The topological polar surface area (TPSA) is 62.6 Å². The zero-order valence-electron chi connectivity index (χ0n) is 17.1. The van der Waals surface area contributed by atoms with Gasteiger partial charge in [0, 0.05) is 46.8 Å². The highest BCUT2D eigenvalue weighted by Gasteiger charge is 2.34. The fourth-order valence-electron chi connectivity index (χ4n) is 3.96. The molecule has 3 heterocycles. The van der Waals surface area contributed by atoms with Crippen LogP contribution >= 0.6 is 27.7 Å². The van der Waals surface area contributed by atoms with E-state index in [0.29, 0.717) is 17.4 Å². The highest BCUT2D eigenvalue weighted by Crippen LogP contribution is 2.34. The molecule has 0 spiro atoms. The monoisotopic (exact) mass is 489 g/mol. The van der Waals surface area contributed by atoms with Gasteiger partial charge in [-0.3, -0.25) is 19.3 Å². The van der Waals surface area contributed by atoms with Gasteiger partial charge in [0.15, 0.2) is 0 Å². The summed E-state index contributed by atoms with van der Waals surface area (Å²) in [5.41, 5.74) is 1.76. The fraction of sp³-hybridized carbons (Fsp3) is 0.409. The van der Waals surface area contributed by atoms with E-state index in [2.05, 4.69) is 22.9 Å². The summed E-state index contributed by atoms with van der Waals surface area (Å²) in [6.45, 7) is 6.25. The lowest BCUT2D eigenvalue weighted by Gasteiger charge is -2.30. The van der Waals surface area contributed by atoms with E-state index >= 15 is 0 Å². The molecule has 1 aromatic heterocycles. The SMILES string of the molecule is CCN1C(=O)S/C(=C\c2cn(CC(=O)N3CCC(C)CC3)c3ccc(Br)cc23)C1=O. The van der Waals surface area contributed by atoms with Crippen LogP contribution < -0.4 is 0 Å². The molecule has 1 aromatic carbocycles. The summed E-state index contributed by atoms with van der Waals surface area (Å²) in [5.74, 6) is 0.519. The minimum absolute atomic E-state index is 0.111. The maximum absolute atomic E-state index is 12.9. The summed E-state index contributed by atoms with van der Waals surface area (Å²) in [6, 6.07) is 5.90. The van der Waals surface area contributed by atoms with Crippen LogP contribution in [-0.2, 0) is 16.1 Å². The zero-order valence-corrected chi connectivity index (χ0v) is 19.5. The summed E-state index contributed by atoms with van der Waals surface area (Å²) < 4.78 is 2.86. The fourth-order valence-corrected chi connectivity index (χ4v) is 5.22. The van der Waals surface area contributed by atoms with Crippen LogP contribution in [0.1, 0.15) is 32.3 Å². The van der Waals surface area contributed by atoms with Crippen LogP contribution in [0, 0.1) is 5.92 Å². The lowest BCUT2D eigenvalue weighted by atomic mass is 9.99. The molecule has 0 atom stereocenters. The summed E-state index contributed by atoms with van der Waals surface area (Å²) in [4.78, 5) is 41.0. The highest BCUT2D eigenvalue weighted by atomic mass is 79.9. The van der Waals surface area contributed by atoms with Crippen molar-refractivity contribution in [1.82, 2.24) is 14.4 Å². The van der Waals surface area contributed by atoms with Crippen LogP contribution in [0.15, 0.2) is 33.8 Å². The van der Waals surface area contributed by atoms with Gasteiger partial charge in [0.1, 0.15) is 6.54 Å². The van der Waals surface area contributed by atoms with Crippen molar-refractivity contribution in [2.24, 2.45) is 5.92 Å². The molecule has 2 aromatic rings. The van der Waals surface area contributed by atoms with Gasteiger partial charge in [-0.1, -0.05) is 22.9 Å². The summed E-state index contributed by atoms with van der Waals surface area (Å²) in [7, 11) is 0. The molecule has 4 rings (SSSR count). The number of piperidine rings is 1. The number of fused-ring (bicyclic) bond motifs is 1. The molecule has 0 saturated carbocycles. The van der Waals surface area contributed by atoms with Crippen LogP contribution in [0.25, 0.3) is 17.0 Å². The van der Waals surface area contributed by atoms with Crippen molar-refractivity contribution in [2.45, 2.75) is 33.2 Å². The number of nitrogens with zero attached hydrogens (tertiary/aromatic N) is 3. The molecule has 0 unspecified atom stereocenters. The second kappa shape index (κ2) is 8.59.